The van der Waals surface area contributed by atoms with Gasteiger partial charge in [-0.1, -0.05) is 24.3 Å². The number of benzene rings is 1. The van der Waals surface area contributed by atoms with Gasteiger partial charge in [-0.2, -0.15) is 5.06 Å². The predicted octanol–water partition coefficient (Wildman–Crippen LogP) is 3.44. The lowest BCUT2D eigenvalue weighted by Gasteiger charge is -2.33. The first kappa shape index (κ1) is 12.7. The third kappa shape index (κ3) is 2.09. The molecule has 0 radical (unpaired) electrons. The normalized spacial score (nSPS) is 24.6. The number of likely N-dealkylation sites (tertiary alicyclic amines) is 1. The maximum atomic E-state index is 6.19. The number of allylic oxidation sites excluding steroid dienone is 3. The fourth-order valence-corrected chi connectivity index (χ4v) is 3.45. The van der Waals surface area contributed by atoms with Crippen molar-refractivity contribution in [3.05, 3.63) is 65.0 Å². The Kier molecular flexibility index (Phi) is 2.89. The molecule has 1 fully saturated rings. The van der Waals surface area contributed by atoms with Crippen molar-refractivity contribution in [1.82, 2.24) is 9.96 Å². The summed E-state index contributed by atoms with van der Waals surface area (Å²) in [5.74, 6) is 1.40. The van der Waals surface area contributed by atoms with E-state index in [1.165, 1.54) is 22.4 Å². The number of piperidine rings is 1. The molecule has 0 saturated carbocycles. The molecule has 3 aliphatic rings. The van der Waals surface area contributed by atoms with Crippen LogP contribution in [0.15, 0.2) is 59.5 Å². The van der Waals surface area contributed by atoms with Crippen LogP contribution in [0.2, 0.25) is 0 Å². The average Bonchev–Trinajstić information content (AvgIpc) is 2.61. The van der Waals surface area contributed by atoms with Gasteiger partial charge in [-0.05, 0) is 43.7 Å². The second-order valence-corrected chi connectivity index (χ2v) is 6.14. The van der Waals surface area contributed by atoms with E-state index in [1.54, 1.807) is 0 Å². The van der Waals surface area contributed by atoms with Crippen molar-refractivity contribution in [3.8, 4) is 5.75 Å². The SMILES string of the molecule is CC1=CN2Oc3ccccc3C3CN(C)CCC3=C2C=C1. The van der Waals surface area contributed by atoms with Crippen LogP contribution >= 0.6 is 0 Å². The van der Waals surface area contributed by atoms with E-state index in [1.807, 2.05) is 11.1 Å². The molecule has 1 aromatic carbocycles. The quantitative estimate of drug-likeness (QED) is 0.724. The van der Waals surface area contributed by atoms with Gasteiger partial charge in [0.1, 0.15) is 0 Å². The summed E-state index contributed by atoms with van der Waals surface area (Å²) in [5.41, 5.74) is 5.23. The second kappa shape index (κ2) is 4.78. The molecule has 0 spiro atoms. The molecule has 0 bridgehead atoms. The maximum absolute atomic E-state index is 6.19. The molecule has 1 aromatic rings. The standard InChI is InChI=1S/C18H20N2O/c1-13-7-8-17-14-9-10-19(2)12-16(14)15-5-3-4-6-18(15)21-20(17)11-13/h3-8,11,16H,9-10,12H2,1-2H3. The highest BCUT2D eigenvalue weighted by atomic mass is 16.7. The Morgan fingerprint density at radius 1 is 1.19 bits per heavy atom. The molecule has 3 nitrogen and oxygen atoms in total. The Hall–Kier alpha value is -2.00. The van der Waals surface area contributed by atoms with Crippen LogP contribution in [-0.2, 0) is 0 Å². The molecule has 0 amide bonds. The summed E-state index contributed by atoms with van der Waals surface area (Å²) in [6, 6.07) is 8.44. The zero-order valence-electron chi connectivity index (χ0n) is 12.5. The molecule has 1 saturated heterocycles. The van der Waals surface area contributed by atoms with Crippen molar-refractivity contribution >= 4 is 0 Å². The van der Waals surface area contributed by atoms with Gasteiger partial charge in [0.25, 0.3) is 0 Å². The van der Waals surface area contributed by atoms with E-state index in [4.69, 9.17) is 4.84 Å². The molecule has 21 heavy (non-hydrogen) atoms. The first-order valence-corrected chi connectivity index (χ1v) is 7.56. The smallest absolute Gasteiger partial charge is 0.159 e. The molecule has 0 N–H and O–H groups in total. The van der Waals surface area contributed by atoms with Gasteiger partial charge in [-0.25, -0.2) is 0 Å². The molecular weight excluding hydrogens is 260 g/mol. The lowest BCUT2D eigenvalue weighted by Crippen LogP contribution is -2.33. The molecule has 1 atom stereocenters. The Labute approximate surface area is 125 Å². The Balaban J connectivity index is 1.89. The number of hydrogen-bond donors (Lipinski definition) is 0. The van der Waals surface area contributed by atoms with Crippen LogP contribution in [0.4, 0.5) is 0 Å². The summed E-state index contributed by atoms with van der Waals surface area (Å²) in [6.45, 7) is 4.27. The van der Waals surface area contributed by atoms with Crippen molar-refractivity contribution in [2.45, 2.75) is 19.3 Å². The van der Waals surface area contributed by atoms with Gasteiger partial charge in [-0.15, -0.1) is 0 Å². The fourth-order valence-electron chi connectivity index (χ4n) is 3.45. The highest BCUT2D eigenvalue weighted by molar-refractivity contribution is 5.48. The highest BCUT2D eigenvalue weighted by Gasteiger charge is 2.33. The molecule has 108 valence electrons. The minimum absolute atomic E-state index is 0.427. The zero-order valence-corrected chi connectivity index (χ0v) is 12.5. The summed E-state index contributed by atoms with van der Waals surface area (Å²) in [7, 11) is 2.20. The predicted molar refractivity (Wildman–Crippen MR) is 83.7 cm³/mol. The topological polar surface area (TPSA) is 15.7 Å². The van der Waals surface area contributed by atoms with Gasteiger partial charge < -0.3 is 9.74 Å². The molecule has 3 heteroatoms. The number of rotatable bonds is 0. The zero-order chi connectivity index (χ0) is 14.4. The number of para-hydroxylation sites is 1. The van der Waals surface area contributed by atoms with Crippen molar-refractivity contribution in [3.63, 3.8) is 0 Å². The van der Waals surface area contributed by atoms with Crippen molar-refractivity contribution in [2.75, 3.05) is 20.1 Å². The molecule has 3 heterocycles. The summed E-state index contributed by atoms with van der Waals surface area (Å²) in [6.07, 6.45) is 7.56. The summed E-state index contributed by atoms with van der Waals surface area (Å²) in [5, 5.41) is 1.95. The van der Waals surface area contributed by atoms with E-state index < -0.39 is 0 Å². The number of hydroxylamine groups is 2. The second-order valence-electron chi connectivity index (χ2n) is 6.14. The minimum atomic E-state index is 0.427. The van der Waals surface area contributed by atoms with Crippen LogP contribution in [0.1, 0.15) is 24.8 Å². The lowest BCUT2D eigenvalue weighted by molar-refractivity contribution is 0.0330. The summed E-state index contributed by atoms with van der Waals surface area (Å²) in [4.78, 5) is 8.60. The van der Waals surface area contributed by atoms with E-state index in [9.17, 15) is 0 Å². The molecule has 3 aliphatic heterocycles. The van der Waals surface area contributed by atoms with Gasteiger partial charge >= 0.3 is 0 Å². The monoisotopic (exact) mass is 280 g/mol. The van der Waals surface area contributed by atoms with Crippen LogP contribution in [0.5, 0.6) is 5.75 Å². The molecule has 4 rings (SSSR count). The van der Waals surface area contributed by atoms with E-state index in [0.717, 1.165) is 25.3 Å². The molecular formula is C18H20N2O. The van der Waals surface area contributed by atoms with Crippen LogP contribution in [0.25, 0.3) is 0 Å². The van der Waals surface area contributed by atoms with Gasteiger partial charge in [0, 0.05) is 30.8 Å². The fraction of sp³-hybridized carbons (Fsp3) is 0.333. The molecule has 0 aromatic heterocycles. The van der Waals surface area contributed by atoms with Gasteiger partial charge in [0.05, 0.1) is 5.70 Å². The average molecular weight is 280 g/mol. The van der Waals surface area contributed by atoms with Crippen molar-refractivity contribution < 1.29 is 4.84 Å². The largest absolute Gasteiger partial charge is 0.375 e. The van der Waals surface area contributed by atoms with Gasteiger partial charge in [0.15, 0.2) is 5.75 Å². The molecule has 1 unspecified atom stereocenters. The summed E-state index contributed by atoms with van der Waals surface area (Å²) >= 11 is 0. The number of nitrogens with zero attached hydrogens (tertiary/aromatic N) is 2. The highest BCUT2D eigenvalue weighted by Crippen LogP contribution is 2.42. The van der Waals surface area contributed by atoms with E-state index in [-0.39, 0.29) is 0 Å². The first-order valence-electron chi connectivity index (χ1n) is 7.56. The number of fused-ring (bicyclic) bond motifs is 4. The van der Waals surface area contributed by atoms with E-state index in [0.29, 0.717) is 5.92 Å². The van der Waals surface area contributed by atoms with E-state index in [2.05, 4.69) is 55.4 Å². The lowest BCUT2D eigenvalue weighted by atomic mass is 9.84. The van der Waals surface area contributed by atoms with Gasteiger partial charge in [0.2, 0.25) is 0 Å². The van der Waals surface area contributed by atoms with E-state index >= 15 is 0 Å². The van der Waals surface area contributed by atoms with Crippen molar-refractivity contribution in [2.24, 2.45) is 0 Å². The van der Waals surface area contributed by atoms with Crippen LogP contribution in [-0.4, -0.2) is 30.1 Å². The number of likely N-dealkylation sites (N-methyl/N-ethyl adjacent to an activating group) is 1. The van der Waals surface area contributed by atoms with Crippen LogP contribution < -0.4 is 4.84 Å². The van der Waals surface area contributed by atoms with Crippen LogP contribution in [0.3, 0.4) is 0 Å². The minimum Gasteiger partial charge on any atom is -0.375 e. The Bertz CT molecular complexity index is 672. The Morgan fingerprint density at radius 3 is 2.95 bits per heavy atom. The van der Waals surface area contributed by atoms with Gasteiger partial charge in [-0.3, -0.25) is 0 Å². The van der Waals surface area contributed by atoms with Crippen molar-refractivity contribution in [1.29, 1.82) is 0 Å². The third-order valence-electron chi connectivity index (χ3n) is 4.56. The van der Waals surface area contributed by atoms with Crippen LogP contribution in [0, 0.1) is 0 Å². The number of hydrogen-bond acceptors (Lipinski definition) is 3. The first-order chi connectivity index (χ1) is 10.2. The summed E-state index contributed by atoms with van der Waals surface area (Å²) < 4.78 is 0. The molecule has 0 aliphatic carbocycles. The third-order valence-corrected chi connectivity index (χ3v) is 4.56. The maximum Gasteiger partial charge on any atom is 0.159 e. The Morgan fingerprint density at radius 2 is 2.05 bits per heavy atom.